The van der Waals surface area contributed by atoms with Crippen molar-refractivity contribution in [3.05, 3.63) is 0 Å². The molecular weight excluding hydrogens is 160 g/mol. The lowest BCUT2D eigenvalue weighted by Gasteiger charge is -2.14. The van der Waals surface area contributed by atoms with E-state index in [9.17, 15) is 15.0 Å². The molecule has 1 aliphatic rings. The number of nitrogens with one attached hydrogen (secondary N) is 1. The summed E-state index contributed by atoms with van der Waals surface area (Å²) >= 11 is 0. The summed E-state index contributed by atoms with van der Waals surface area (Å²) in [4.78, 5) is 11.1. The number of amides is 1. The van der Waals surface area contributed by atoms with Crippen molar-refractivity contribution in [3.63, 3.8) is 0 Å². The molecule has 5 heteroatoms. The Bertz CT molecular complexity index is 185. The topological polar surface area (TPSA) is 95.6 Å². The van der Waals surface area contributed by atoms with Gasteiger partial charge in [-0.3, -0.25) is 4.79 Å². The first kappa shape index (κ1) is 9.44. The van der Waals surface area contributed by atoms with Gasteiger partial charge in [0.25, 0.3) is 0 Å². The van der Waals surface area contributed by atoms with E-state index >= 15 is 0 Å². The molecule has 1 amide bonds. The maximum atomic E-state index is 11.1. The van der Waals surface area contributed by atoms with Gasteiger partial charge in [0.2, 0.25) is 5.91 Å². The molecule has 1 aliphatic carbocycles. The van der Waals surface area contributed by atoms with Crippen LogP contribution in [0, 0.1) is 5.92 Å². The predicted octanol–water partition coefficient (Wildman–Crippen LogP) is -2.20. The van der Waals surface area contributed by atoms with Gasteiger partial charge in [0.15, 0.2) is 0 Å². The average molecular weight is 174 g/mol. The van der Waals surface area contributed by atoms with E-state index in [0.717, 1.165) is 0 Å². The van der Waals surface area contributed by atoms with Crippen molar-refractivity contribution in [2.24, 2.45) is 11.7 Å². The molecule has 0 spiro atoms. The van der Waals surface area contributed by atoms with Crippen molar-refractivity contribution in [2.45, 2.75) is 24.7 Å². The number of aliphatic hydroxyl groups excluding tert-OH is 2. The molecule has 0 aliphatic heterocycles. The largest absolute Gasteiger partial charge is 0.390 e. The minimum absolute atomic E-state index is 0.269. The number of hydrogen-bond donors (Lipinski definition) is 4. The lowest BCUT2D eigenvalue weighted by atomic mass is 10.1. The van der Waals surface area contributed by atoms with Gasteiger partial charge in [-0.05, 0) is 6.42 Å². The Morgan fingerprint density at radius 2 is 2.08 bits per heavy atom. The zero-order chi connectivity index (χ0) is 9.30. The molecule has 0 saturated heterocycles. The van der Waals surface area contributed by atoms with Crippen LogP contribution in [0.5, 0.6) is 0 Å². The van der Waals surface area contributed by atoms with Gasteiger partial charge in [-0.25, -0.2) is 0 Å². The predicted molar refractivity (Wildman–Crippen MR) is 42.2 cm³/mol. The van der Waals surface area contributed by atoms with Crippen LogP contribution in [0.3, 0.4) is 0 Å². The fourth-order valence-corrected chi connectivity index (χ4v) is 1.51. The third-order valence-corrected chi connectivity index (χ3v) is 2.31. The maximum absolute atomic E-state index is 11.1. The van der Waals surface area contributed by atoms with Gasteiger partial charge < -0.3 is 21.3 Å². The lowest BCUT2D eigenvalue weighted by molar-refractivity contribution is -0.128. The second-order valence-corrected chi connectivity index (χ2v) is 3.10. The van der Waals surface area contributed by atoms with Gasteiger partial charge in [-0.2, -0.15) is 0 Å². The second kappa shape index (κ2) is 3.38. The Hall–Kier alpha value is -0.650. The molecule has 1 rings (SSSR count). The molecular formula is C7H14N2O3. The highest BCUT2D eigenvalue weighted by molar-refractivity contribution is 5.79. The molecule has 12 heavy (non-hydrogen) atoms. The smallest absolute Gasteiger partial charge is 0.225 e. The maximum Gasteiger partial charge on any atom is 0.225 e. The van der Waals surface area contributed by atoms with Crippen LogP contribution >= 0.6 is 0 Å². The van der Waals surface area contributed by atoms with Crippen LogP contribution < -0.4 is 11.1 Å². The van der Waals surface area contributed by atoms with Crippen molar-refractivity contribution < 1.29 is 15.0 Å². The van der Waals surface area contributed by atoms with Crippen molar-refractivity contribution >= 4 is 5.91 Å². The monoisotopic (exact) mass is 174 g/mol. The third kappa shape index (κ3) is 1.43. The average Bonchev–Trinajstić information content (AvgIpc) is 2.32. The van der Waals surface area contributed by atoms with Crippen molar-refractivity contribution in [1.29, 1.82) is 0 Å². The Morgan fingerprint density at radius 3 is 2.42 bits per heavy atom. The third-order valence-electron chi connectivity index (χ3n) is 2.31. The highest BCUT2D eigenvalue weighted by Crippen LogP contribution is 2.25. The zero-order valence-electron chi connectivity index (χ0n) is 6.90. The molecule has 0 bridgehead atoms. The van der Waals surface area contributed by atoms with E-state index < -0.39 is 24.2 Å². The van der Waals surface area contributed by atoms with E-state index in [1.165, 1.54) is 7.05 Å². The van der Waals surface area contributed by atoms with Crippen molar-refractivity contribution in [1.82, 2.24) is 5.32 Å². The molecule has 0 aromatic carbocycles. The molecule has 0 aromatic rings. The Labute approximate surface area is 70.6 Å². The molecule has 4 unspecified atom stereocenters. The van der Waals surface area contributed by atoms with E-state index in [4.69, 9.17) is 5.73 Å². The van der Waals surface area contributed by atoms with E-state index in [1.807, 2.05) is 0 Å². The molecule has 0 radical (unpaired) electrons. The first-order valence-electron chi connectivity index (χ1n) is 3.91. The molecule has 5 N–H and O–H groups in total. The van der Waals surface area contributed by atoms with E-state index in [-0.39, 0.29) is 5.91 Å². The van der Waals surface area contributed by atoms with Gasteiger partial charge >= 0.3 is 0 Å². The minimum Gasteiger partial charge on any atom is -0.390 e. The van der Waals surface area contributed by atoms with Crippen LogP contribution in [0.2, 0.25) is 0 Å². The Kier molecular flexibility index (Phi) is 2.66. The first-order valence-corrected chi connectivity index (χ1v) is 3.91. The molecule has 0 aromatic heterocycles. The van der Waals surface area contributed by atoms with E-state index in [0.29, 0.717) is 6.42 Å². The summed E-state index contributed by atoms with van der Waals surface area (Å²) < 4.78 is 0. The van der Waals surface area contributed by atoms with Gasteiger partial charge in [0, 0.05) is 13.1 Å². The quantitative estimate of drug-likeness (QED) is 0.363. The lowest BCUT2D eigenvalue weighted by Crippen LogP contribution is -2.38. The fourth-order valence-electron chi connectivity index (χ4n) is 1.51. The number of carbonyl (C=O) groups excluding carboxylic acids is 1. The summed E-state index contributed by atoms with van der Waals surface area (Å²) in [6, 6.07) is -0.498. The Balaban J connectivity index is 2.64. The number of nitrogens with two attached hydrogens (primary N) is 1. The van der Waals surface area contributed by atoms with Crippen LogP contribution in [0.4, 0.5) is 0 Å². The highest BCUT2D eigenvalue weighted by Gasteiger charge is 2.42. The summed E-state index contributed by atoms with van der Waals surface area (Å²) in [6.45, 7) is 0. The normalized spacial score (nSPS) is 41.3. The standard InChI is InChI=1S/C7H14N2O3/c1-9-7(12)3-2-4(8)6(11)5(3)10/h3-6,10-11H,2,8H2,1H3,(H,9,12). The molecule has 4 atom stereocenters. The zero-order valence-corrected chi connectivity index (χ0v) is 6.90. The van der Waals surface area contributed by atoms with E-state index in [2.05, 4.69) is 5.32 Å². The Morgan fingerprint density at radius 1 is 1.50 bits per heavy atom. The van der Waals surface area contributed by atoms with Crippen LogP contribution in [0.1, 0.15) is 6.42 Å². The minimum atomic E-state index is -1.03. The highest BCUT2D eigenvalue weighted by atomic mass is 16.3. The second-order valence-electron chi connectivity index (χ2n) is 3.10. The van der Waals surface area contributed by atoms with Crippen LogP contribution in [0.15, 0.2) is 0 Å². The molecule has 0 heterocycles. The summed E-state index contributed by atoms with van der Waals surface area (Å²) in [5, 5.41) is 21.0. The summed E-state index contributed by atoms with van der Waals surface area (Å²) in [5.74, 6) is -0.838. The van der Waals surface area contributed by atoms with Crippen LogP contribution in [-0.2, 0) is 4.79 Å². The van der Waals surface area contributed by atoms with Gasteiger partial charge in [0.1, 0.15) is 0 Å². The number of rotatable bonds is 1. The van der Waals surface area contributed by atoms with Crippen LogP contribution in [0.25, 0.3) is 0 Å². The number of aliphatic hydroxyl groups is 2. The van der Waals surface area contributed by atoms with Gasteiger partial charge in [0.05, 0.1) is 18.1 Å². The SMILES string of the molecule is CNC(=O)C1CC(N)C(O)C1O. The molecule has 1 saturated carbocycles. The van der Waals surface area contributed by atoms with E-state index in [1.54, 1.807) is 0 Å². The van der Waals surface area contributed by atoms with Gasteiger partial charge in [-0.1, -0.05) is 0 Å². The van der Waals surface area contributed by atoms with Crippen molar-refractivity contribution in [2.75, 3.05) is 7.05 Å². The summed E-state index contributed by atoms with van der Waals surface area (Å²) in [7, 11) is 1.49. The molecule has 5 nitrogen and oxygen atoms in total. The van der Waals surface area contributed by atoms with Crippen LogP contribution in [-0.4, -0.2) is 41.4 Å². The molecule has 70 valence electrons. The fraction of sp³-hybridized carbons (Fsp3) is 0.857. The van der Waals surface area contributed by atoms with Crippen molar-refractivity contribution in [3.8, 4) is 0 Å². The summed E-state index contributed by atoms with van der Waals surface area (Å²) in [5.41, 5.74) is 5.46. The van der Waals surface area contributed by atoms with Gasteiger partial charge in [-0.15, -0.1) is 0 Å². The number of carbonyl (C=O) groups is 1. The summed E-state index contributed by atoms with van der Waals surface area (Å²) in [6.07, 6.45) is -1.67. The molecule has 1 fully saturated rings. The first-order chi connectivity index (χ1) is 5.57. The number of hydrogen-bond acceptors (Lipinski definition) is 4.